The number of nitrogens with one attached hydrogen (secondary N) is 1. The number of hydrogen-bond acceptors (Lipinski definition) is 3. The van der Waals surface area contributed by atoms with Crippen LogP contribution in [0.1, 0.15) is 41.0 Å². The van der Waals surface area contributed by atoms with E-state index in [0.717, 1.165) is 25.1 Å². The number of rotatable bonds is 5. The molecule has 1 aromatic heterocycles. The Morgan fingerprint density at radius 2 is 2.13 bits per heavy atom. The van der Waals surface area contributed by atoms with E-state index in [1.807, 2.05) is 0 Å². The van der Waals surface area contributed by atoms with Crippen molar-refractivity contribution in [2.75, 3.05) is 19.6 Å². The highest BCUT2D eigenvalue weighted by Gasteiger charge is 2.33. The molecule has 0 aliphatic carbocycles. The van der Waals surface area contributed by atoms with Crippen LogP contribution in [0.2, 0.25) is 0 Å². The SMILES string of the molecule is Cc1nc(C(F)(F)F)ccc1C(=O)NCCCN1CCCC1=O. The van der Waals surface area contributed by atoms with E-state index in [-0.39, 0.29) is 17.2 Å². The minimum absolute atomic E-state index is 0.0343. The summed E-state index contributed by atoms with van der Waals surface area (Å²) < 4.78 is 37.6. The molecule has 0 spiro atoms. The van der Waals surface area contributed by atoms with Crippen LogP contribution in [0.25, 0.3) is 0 Å². The summed E-state index contributed by atoms with van der Waals surface area (Å²) in [5.41, 5.74) is -0.860. The van der Waals surface area contributed by atoms with E-state index in [1.54, 1.807) is 4.90 Å². The van der Waals surface area contributed by atoms with Crippen molar-refractivity contribution in [2.24, 2.45) is 0 Å². The molecule has 0 atom stereocenters. The molecule has 0 saturated carbocycles. The molecule has 1 aromatic rings. The van der Waals surface area contributed by atoms with Gasteiger partial charge in [-0.3, -0.25) is 9.59 Å². The number of alkyl halides is 3. The number of aryl methyl sites for hydroxylation is 1. The minimum atomic E-state index is -4.53. The fourth-order valence-corrected chi connectivity index (χ4v) is 2.47. The van der Waals surface area contributed by atoms with Crippen LogP contribution in [-0.4, -0.2) is 41.3 Å². The molecule has 1 aliphatic heterocycles. The average molecular weight is 329 g/mol. The third kappa shape index (κ3) is 4.43. The fourth-order valence-electron chi connectivity index (χ4n) is 2.47. The van der Waals surface area contributed by atoms with E-state index in [2.05, 4.69) is 10.3 Å². The smallest absolute Gasteiger partial charge is 0.352 e. The number of nitrogens with zero attached hydrogens (tertiary/aromatic N) is 2. The van der Waals surface area contributed by atoms with Gasteiger partial charge in [0.2, 0.25) is 5.91 Å². The number of amides is 2. The van der Waals surface area contributed by atoms with Crippen molar-refractivity contribution >= 4 is 11.8 Å². The summed E-state index contributed by atoms with van der Waals surface area (Å²) in [5, 5.41) is 2.64. The number of halogens is 3. The van der Waals surface area contributed by atoms with E-state index in [1.165, 1.54) is 6.92 Å². The molecule has 1 N–H and O–H groups in total. The fraction of sp³-hybridized carbons (Fsp3) is 0.533. The summed E-state index contributed by atoms with van der Waals surface area (Å²) in [5.74, 6) is -0.337. The van der Waals surface area contributed by atoms with Gasteiger partial charge in [0, 0.05) is 26.1 Å². The Kier molecular flexibility index (Phi) is 5.23. The first-order valence-corrected chi connectivity index (χ1v) is 7.40. The Morgan fingerprint density at radius 1 is 1.39 bits per heavy atom. The van der Waals surface area contributed by atoms with Gasteiger partial charge in [0.05, 0.1) is 11.3 Å². The van der Waals surface area contributed by atoms with Crippen LogP contribution in [0.4, 0.5) is 13.2 Å². The number of carbonyl (C=O) groups is 2. The number of likely N-dealkylation sites (tertiary alicyclic amines) is 1. The van der Waals surface area contributed by atoms with E-state index in [4.69, 9.17) is 0 Å². The highest BCUT2D eigenvalue weighted by molar-refractivity contribution is 5.95. The number of carbonyl (C=O) groups excluding carboxylic acids is 2. The largest absolute Gasteiger partial charge is 0.433 e. The van der Waals surface area contributed by atoms with Gasteiger partial charge in [-0.1, -0.05) is 0 Å². The molecule has 0 unspecified atom stereocenters. The Labute approximate surface area is 131 Å². The van der Waals surface area contributed by atoms with E-state index >= 15 is 0 Å². The van der Waals surface area contributed by atoms with Gasteiger partial charge < -0.3 is 10.2 Å². The summed E-state index contributed by atoms with van der Waals surface area (Å²) >= 11 is 0. The summed E-state index contributed by atoms with van der Waals surface area (Å²) in [6, 6.07) is 1.93. The Hall–Kier alpha value is -2.12. The normalized spacial score (nSPS) is 15.1. The van der Waals surface area contributed by atoms with Gasteiger partial charge in [-0.05, 0) is 31.9 Å². The second-order valence-corrected chi connectivity index (χ2v) is 5.42. The van der Waals surface area contributed by atoms with Crippen LogP contribution >= 0.6 is 0 Å². The van der Waals surface area contributed by atoms with Crippen molar-refractivity contribution in [3.63, 3.8) is 0 Å². The van der Waals surface area contributed by atoms with Crippen molar-refractivity contribution in [3.8, 4) is 0 Å². The zero-order chi connectivity index (χ0) is 17.0. The second-order valence-electron chi connectivity index (χ2n) is 5.42. The van der Waals surface area contributed by atoms with Crippen LogP contribution in [-0.2, 0) is 11.0 Å². The lowest BCUT2D eigenvalue weighted by Gasteiger charge is -2.15. The van der Waals surface area contributed by atoms with Crippen LogP contribution in [0.5, 0.6) is 0 Å². The summed E-state index contributed by atoms with van der Waals surface area (Å²) in [7, 11) is 0. The summed E-state index contributed by atoms with van der Waals surface area (Å²) in [4.78, 5) is 28.6. The van der Waals surface area contributed by atoms with E-state index in [9.17, 15) is 22.8 Å². The van der Waals surface area contributed by atoms with Crippen molar-refractivity contribution < 1.29 is 22.8 Å². The Bertz CT molecular complexity index is 602. The highest BCUT2D eigenvalue weighted by Crippen LogP contribution is 2.28. The Morgan fingerprint density at radius 3 is 2.70 bits per heavy atom. The second kappa shape index (κ2) is 6.97. The molecular weight excluding hydrogens is 311 g/mol. The molecule has 2 heterocycles. The molecule has 1 aliphatic rings. The first-order chi connectivity index (χ1) is 10.8. The maximum absolute atomic E-state index is 12.5. The molecule has 8 heteroatoms. The number of hydrogen-bond donors (Lipinski definition) is 1. The molecule has 1 fully saturated rings. The quantitative estimate of drug-likeness (QED) is 0.842. The standard InChI is InChI=1S/C15H18F3N3O2/c1-10-11(5-6-12(20-10)15(16,17)18)14(23)19-7-3-9-21-8-2-4-13(21)22/h5-6H,2-4,7-9H2,1H3,(H,19,23). The molecule has 2 amide bonds. The molecular formula is C15H18F3N3O2. The first-order valence-electron chi connectivity index (χ1n) is 7.40. The maximum Gasteiger partial charge on any atom is 0.433 e. The van der Waals surface area contributed by atoms with E-state index in [0.29, 0.717) is 25.9 Å². The third-order valence-corrected chi connectivity index (χ3v) is 3.68. The van der Waals surface area contributed by atoms with Gasteiger partial charge in [-0.2, -0.15) is 13.2 Å². The highest BCUT2D eigenvalue weighted by atomic mass is 19.4. The zero-order valence-corrected chi connectivity index (χ0v) is 12.7. The van der Waals surface area contributed by atoms with Gasteiger partial charge in [0.1, 0.15) is 5.69 Å². The minimum Gasteiger partial charge on any atom is -0.352 e. The summed E-state index contributed by atoms with van der Waals surface area (Å²) in [6.45, 7) is 3.04. The van der Waals surface area contributed by atoms with Gasteiger partial charge in [-0.25, -0.2) is 4.98 Å². The lowest BCUT2D eigenvalue weighted by atomic mass is 10.1. The zero-order valence-electron chi connectivity index (χ0n) is 12.7. The van der Waals surface area contributed by atoms with Gasteiger partial charge in [0.25, 0.3) is 5.91 Å². The summed E-state index contributed by atoms with van der Waals surface area (Å²) in [6.07, 6.45) is -2.49. The number of pyridine rings is 1. The average Bonchev–Trinajstić information content (AvgIpc) is 2.87. The Balaban J connectivity index is 1.85. The molecule has 5 nitrogen and oxygen atoms in total. The molecule has 0 bridgehead atoms. The molecule has 0 radical (unpaired) electrons. The van der Waals surface area contributed by atoms with Crippen LogP contribution in [0.3, 0.4) is 0 Å². The molecule has 2 rings (SSSR count). The monoisotopic (exact) mass is 329 g/mol. The van der Waals surface area contributed by atoms with Gasteiger partial charge >= 0.3 is 6.18 Å². The first kappa shape index (κ1) is 17.2. The topological polar surface area (TPSA) is 62.3 Å². The van der Waals surface area contributed by atoms with Gasteiger partial charge in [0.15, 0.2) is 0 Å². The van der Waals surface area contributed by atoms with Crippen molar-refractivity contribution in [1.29, 1.82) is 0 Å². The van der Waals surface area contributed by atoms with Gasteiger partial charge in [-0.15, -0.1) is 0 Å². The van der Waals surface area contributed by atoms with Crippen LogP contribution in [0.15, 0.2) is 12.1 Å². The predicted molar refractivity (Wildman–Crippen MR) is 76.7 cm³/mol. The molecule has 126 valence electrons. The van der Waals surface area contributed by atoms with Crippen molar-refractivity contribution in [1.82, 2.24) is 15.2 Å². The van der Waals surface area contributed by atoms with Crippen LogP contribution < -0.4 is 5.32 Å². The molecule has 0 aromatic carbocycles. The maximum atomic E-state index is 12.5. The lowest BCUT2D eigenvalue weighted by molar-refractivity contribution is -0.141. The lowest BCUT2D eigenvalue weighted by Crippen LogP contribution is -2.31. The molecule has 1 saturated heterocycles. The number of aromatic nitrogens is 1. The van der Waals surface area contributed by atoms with Crippen molar-refractivity contribution in [3.05, 3.63) is 29.1 Å². The molecule has 23 heavy (non-hydrogen) atoms. The third-order valence-electron chi connectivity index (χ3n) is 3.68. The van der Waals surface area contributed by atoms with E-state index < -0.39 is 17.8 Å². The predicted octanol–water partition coefficient (Wildman–Crippen LogP) is 2.15. The van der Waals surface area contributed by atoms with Crippen molar-refractivity contribution in [2.45, 2.75) is 32.4 Å². The van der Waals surface area contributed by atoms with Crippen LogP contribution in [0, 0.1) is 6.92 Å².